The highest BCUT2D eigenvalue weighted by Crippen LogP contribution is 2.17. The first-order chi connectivity index (χ1) is 4.61. The summed E-state index contributed by atoms with van der Waals surface area (Å²) in [5.74, 6) is -0.422. The minimum Gasteiger partial charge on any atom is -0.364 e. The number of carbonyl (C=O) groups is 1. The van der Waals surface area contributed by atoms with Gasteiger partial charge in [-0.2, -0.15) is 0 Å². The van der Waals surface area contributed by atoms with Gasteiger partial charge in [-0.1, -0.05) is 0 Å². The normalized spacial score (nSPS) is 17.6. The van der Waals surface area contributed by atoms with Crippen molar-refractivity contribution in [2.45, 2.75) is 20.3 Å². The average molecular weight is 138 g/mol. The summed E-state index contributed by atoms with van der Waals surface area (Å²) in [5.41, 5.74) is 7.43. The molecular formula is C7H10N2O. The molecule has 1 heterocycles. The van der Waals surface area contributed by atoms with E-state index in [0.717, 1.165) is 17.7 Å². The standard InChI is InChI=1S/C7H10N2O/c1-4-3-5(2)9-6(4)7(8)10/h3H2,1-2H3,(H2,8,10). The van der Waals surface area contributed by atoms with Crippen LogP contribution in [0, 0.1) is 0 Å². The second-order valence-electron chi connectivity index (χ2n) is 2.52. The van der Waals surface area contributed by atoms with E-state index in [1.54, 1.807) is 0 Å². The predicted octanol–water partition coefficient (Wildman–Crippen LogP) is 0.610. The Morgan fingerprint density at radius 3 is 2.40 bits per heavy atom. The molecule has 0 aromatic carbocycles. The lowest BCUT2D eigenvalue weighted by atomic mass is 10.2. The highest BCUT2D eigenvalue weighted by atomic mass is 16.1. The molecule has 0 bridgehead atoms. The molecule has 0 aliphatic carbocycles. The van der Waals surface area contributed by atoms with Gasteiger partial charge in [-0.25, -0.2) is 0 Å². The largest absolute Gasteiger partial charge is 0.364 e. The smallest absolute Gasteiger partial charge is 0.267 e. The summed E-state index contributed by atoms with van der Waals surface area (Å²) in [6.45, 7) is 3.76. The number of amides is 1. The van der Waals surface area contributed by atoms with Gasteiger partial charge < -0.3 is 5.73 Å². The minimum atomic E-state index is -0.422. The van der Waals surface area contributed by atoms with Gasteiger partial charge in [0.15, 0.2) is 0 Å². The molecule has 3 nitrogen and oxygen atoms in total. The number of nitrogens with two attached hydrogens (primary N) is 1. The van der Waals surface area contributed by atoms with Crippen molar-refractivity contribution < 1.29 is 4.79 Å². The van der Waals surface area contributed by atoms with Crippen molar-refractivity contribution in [2.75, 3.05) is 0 Å². The van der Waals surface area contributed by atoms with E-state index in [0.29, 0.717) is 5.70 Å². The van der Waals surface area contributed by atoms with Crippen molar-refractivity contribution in [2.24, 2.45) is 10.7 Å². The first-order valence-corrected chi connectivity index (χ1v) is 3.15. The topological polar surface area (TPSA) is 55.4 Å². The molecule has 0 atom stereocenters. The Balaban J connectivity index is 2.93. The Hall–Kier alpha value is -1.12. The van der Waals surface area contributed by atoms with Gasteiger partial charge >= 0.3 is 0 Å². The number of allylic oxidation sites excluding steroid dienone is 1. The van der Waals surface area contributed by atoms with Crippen molar-refractivity contribution in [3.8, 4) is 0 Å². The number of nitrogens with zero attached hydrogens (tertiary/aromatic N) is 1. The third-order valence-corrected chi connectivity index (χ3v) is 1.46. The summed E-state index contributed by atoms with van der Waals surface area (Å²) >= 11 is 0. The summed E-state index contributed by atoms with van der Waals surface area (Å²) in [5, 5.41) is 0. The molecule has 0 spiro atoms. The fraction of sp³-hybridized carbons (Fsp3) is 0.429. The van der Waals surface area contributed by atoms with Crippen molar-refractivity contribution in [3.63, 3.8) is 0 Å². The van der Waals surface area contributed by atoms with E-state index in [9.17, 15) is 4.79 Å². The van der Waals surface area contributed by atoms with Crippen LogP contribution in [0.4, 0.5) is 0 Å². The highest BCUT2D eigenvalue weighted by Gasteiger charge is 2.14. The van der Waals surface area contributed by atoms with Crippen molar-refractivity contribution in [1.82, 2.24) is 0 Å². The molecule has 0 unspecified atom stereocenters. The maximum absolute atomic E-state index is 10.6. The van der Waals surface area contributed by atoms with Crippen LogP contribution < -0.4 is 5.73 Å². The molecule has 3 heteroatoms. The molecule has 0 radical (unpaired) electrons. The van der Waals surface area contributed by atoms with Crippen LogP contribution in [0.15, 0.2) is 16.3 Å². The van der Waals surface area contributed by atoms with Gasteiger partial charge in [0.05, 0.1) is 0 Å². The molecule has 0 fully saturated rings. The summed E-state index contributed by atoms with van der Waals surface area (Å²) in [6, 6.07) is 0. The van der Waals surface area contributed by atoms with E-state index in [1.165, 1.54) is 0 Å². The van der Waals surface area contributed by atoms with Crippen LogP contribution in [0.25, 0.3) is 0 Å². The molecule has 0 aromatic rings. The maximum atomic E-state index is 10.6. The first-order valence-electron chi connectivity index (χ1n) is 3.15. The molecule has 1 aliphatic heterocycles. The number of hydrogen-bond donors (Lipinski definition) is 1. The van der Waals surface area contributed by atoms with Crippen molar-refractivity contribution >= 4 is 11.6 Å². The maximum Gasteiger partial charge on any atom is 0.267 e. The van der Waals surface area contributed by atoms with Crippen LogP contribution in [0.2, 0.25) is 0 Å². The van der Waals surface area contributed by atoms with E-state index in [1.807, 2.05) is 13.8 Å². The summed E-state index contributed by atoms with van der Waals surface area (Å²) in [6.07, 6.45) is 0.790. The van der Waals surface area contributed by atoms with E-state index in [2.05, 4.69) is 4.99 Å². The van der Waals surface area contributed by atoms with Gasteiger partial charge in [-0.05, 0) is 19.4 Å². The second kappa shape index (κ2) is 2.25. The third-order valence-electron chi connectivity index (χ3n) is 1.46. The zero-order valence-corrected chi connectivity index (χ0v) is 6.14. The van der Waals surface area contributed by atoms with E-state index >= 15 is 0 Å². The van der Waals surface area contributed by atoms with E-state index in [-0.39, 0.29) is 0 Å². The van der Waals surface area contributed by atoms with Gasteiger partial charge in [0.1, 0.15) is 5.70 Å². The average Bonchev–Trinajstić information content (AvgIpc) is 2.10. The van der Waals surface area contributed by atoms with Crippen LogP contribution in [0.1, 0.15) is 20.3 Å². The fourth-order valence-corrected chi connectivity index (χ4v) is 1.06. The zero-order valence-electron chi connectivity index (χ0n) is 6.14. The van der Waals surface area contributed by atoms with Crippen molar-refractivity contribution in [1.29, 1.82) is 0 Å². The zero-order chi connectivity index (χ0) is 7.72. The first kappa shape index (κ1) is 6.99. The molecule has 1 aliphatic rings. The molecular weight excluding hydrogens is 128 g/mol. The molecule has 0 aromatic heterocycles. The molecule has 1 amide bonds. The van der Waals surface area contributed by atoms with Crippen LogP contribution in [-0.4, -0.2) is 11.6 Å². The van der Waals surface area contributed by atoms with Crippen LogP contribution in [0.5, 0.6) is 0 Å². The molecule has 1 rings (SSSR count). The van der Waals surface area contributed by atoms with Gasteiger partial charge in [0, 0.05) is 12.1 Å². The Morgan fingerprint density at radius 2 is 2.20 bits per heavy atom. The summed E-state index contributed by atoms with van der Waals surface area (Å²) in [4.78, 5) is 14.6. The molecule has 10 heavy (non-hydrogen) atoms. The van der Waals surface area contributed by atoms with Gasteiger partial charge in [-0.3, -0.25) is 9.79 Å². The Labute approximate surface area is 59.6 Å². The van der Waals surface area contributed by atoms with E-state index in [4.69, 9.17) is 5.73 Å². The minimum absolute atomic E-state index is 0.422. The second-order valence-corrected chi connectivity index (χ2v) is 2.52. The fourth-order valence-electron chi connectivity index (χ4n) is 1.06. The van der Waals surface area contributed by atoms with Gasteiger partial charge in [0.2, 0.25) is 0 Å². The van der Waals surface area contributed by atoms with Crippen LogP contribution in [-0.2, 0) is 4.79 Å². The SMILES string of the molecule is CC1=NC(C(N)=O)=C(C)C1. The Kier molecular flexibility index (Phi) is 1.57. The number of rotatable bonds is 1. The quantitative estimate of drug-likeness (QED) is 0.567. The van der Waals surface area contributed by atoms with Gasteiger partial charge in [0.25, 0.3) is 5.91 Å². The summed E-state index contributed by atoms with van der Waals surface area (Å²) < 4.78 is 0. The van der Waals surface area contributed by atoms with Gasteiger partial charge in [-0.15, -0.1) is 0 Å². The number of carbonyl (C=O) groups excluding carboxylic acids is 1. The number of hydrogen-bond acceptors (Lipinski definition) is 2. The monoisotopic (exact) mass is 138 g/mol. The van der Waals surface area contributed by atoms with E-state index < -0.39 is 5.91 Å². The molecule has 0 saturated carbocycles. The molecule has 2 N–H and O–H groups in total. The summed E-state index contributed by atoms with van der Waals surface area (Å²) in [7, 11) is 0. The van der Waals surface area contributed by atoms with Crippen LogP contribution >= 0.6 is 0 Å². The molecule has 0 saturated heterocycles. The highest BCUT2D eigenvalue weighted by molar-refractivity contribution is 6.00. The van der Waals surface area contributed by atoms with Crippen LogP contribution in [0.3, 0.4) is 0 Å². The Morgan fingerprint density at radius 1 is 1.60 bits per heavy atom. The number of primary amides is 1. The lowest BCUT2D eigenvalue weighted by Gasteiger charge is -1.91. The Bertz CT molecular complexity index is 238. The third kappa shape index (κ3) is 1.07. The lowest BCUT2D eigenvalue weighted by molar-refractivity contribution is -0.114. The lowest BCUT2D eigenvalue weighted by Crippen LogP contribution is -2.12. The number of aliphatic imine (C=N–C) groups is 1. The predicted molar refractivity (Wildman–Crippen MR) is 39.6 cm³/mol. The molecule has 54 valence electrons. The van der Waals surface area contributed by atoms with Crippen molar-refractivity contribution in [3.05, 3.63) is 11.3 Å².